The smallest absolute Gasteiger partial charge is 0.251 e. The molecule has 0 fully saturated rings. The van der Waals surface area contributed by atoms with Gasteiger partial charge in [0.25, 0.3) is 5.91 Å². The number of phenols is 1. The van der Waals surface area contributed by atoms with E-state index in [1.54, 1.807) is 42.5 Å². The highest BCUT2D eigenvalue weighted by molar-refractivity contribution is 5.94. The summed E-state index contributed by atoms with van der Waals surface area (Å²) in [7, 11) is 0. The molecule has 0 radical (unpaired) electrons. The van der Waals surface area contributed by atoms with Crippen molar-refractivity contribution in [3.63, 3.8) is 0 Å². The summed E-state index contributed by atoms with van der Waals surface area (Å²) in [4.78, 5) is 11.8. The van der Waals surface area contributed by atoms with Crippen molar-refractivity contribution < 1.29 is 9.90 Å². The molecule has 0 aliphatic heterocycles. The van der Waals surface area contributed by atoms with Gasteiger partial charge in [0.2, 0.25) is 0 Å². The average molecular weight is 252 g/mol. The monoisotopic (exact) mass is 252 g/mol. The fourth-order valence-electron chi connectivity index (χ4n) is 1.65. The molecular formula is C15H12N2O2. The number of benzene rings is 2. The third-order valence-corrected chi connectivity index (χ3v) is 2.64. The van der Waals surface area contributed by atoms with Gasteiger partial charge in [0.15, 0.2) is 0 Å². The van der Waals surface area contributed by atoms with E-state index < -0.39 is 0 Å². The number of carbonyl (C=O) groups excluding carboxylic acids is 1. The Bertz CT molecular complexity index is 627. The van der Waals surface area contributed by atoms with Crippen molar-refractivity contribution in [2.24, 2.45) is 0 Å². The molecule has 0 aromatic heterocycles. The highest BCUT2D eigenvalue weighted by Crippen LogP contribution is 2.11. The van der Waals surface area contributed by atoms with Gasteiger partial charge in [-0.1, -0.05) is 12.1 Å². The average Bonchev–Trinajstić information content (AvgIpc) is 2.45. The van der Waals surface area contributed by atoms with Crippen LogP contribution in [-0.2, 0) is 6.54 Å². The van der Waals surface area contributed by atoms with Gasteiger partial charge in [0.05, 0.1) is 11.6 Å². The van der Waals surface area contributed by atoms with Crippen molar-refractivity contribution in [3.8, 4) is 11.8 Å². The van der Waals surface area contributed by atoms with Crippen molar-refractivity contribution >= 4 is 5.91 Å². The fourth-order valence-corrected chi connectivity index (χ4v) is 1.65. The van der Waals surface area contributed by atoms with Crippen LogP contribution >= 0.6 is 0 Å². The second kappa shape index (κ2) is 5.69. The first-order valence-corrected chi connectivity index (χ1v) is 5.75. The predicted octanol–water partition coefficient (Wildman–Crippen LogP) is 2.19. The van der Waals surface area contributed by atoms with E-state index in [0.717, 1.165) is 5.56 Å². The Labute approximate surface area is 110 Å². The van der Waals surface area contributed by atoms with Crippen LogP contribution in [0.3, 0.4) is 0 Å². The molecule has 0 atom stereocenters. The van der Waals surface area contributed by atoms with E-state index in [0.29, 0.717) is 17.7 Å². The number of hydrogen-bond donors (Lipinski definition) is 2. The van der Waals surface area contributed by atoms with Gasteiger partial charge in [-0.05, 0) is 42.0 Å². The Morgan fingerprint density at radius 3 is 2.58 bits per heavy atom. The summed E-state index contributed by atoms with van der Waals surface area (Å²) >= 11 is 0. The Balaban J connectivity index is 1.99. The Hall–Kier alpha value is -2.80. The molecule has 4 nitrogen and oxygen atoms in total. The summed E-state index contributed by atoms with van der Waals surface area (Å²) in [5.74, 6) is -0.0436. The van der Waals surface area contributed by atoms with Crippen LogP contribution in [0.5, 0.6) is 5.75 Å². The largest absolute Gasteiger partial charge is 0.508 e. The first-order valence-electron chi connectivity index (χ1n) is 5.75. The number of amides is 1. The maximum atomic E-state index is 11.8. The van der Waals surface area contributed by atoms with Crippen LogP contribution in [0.15, 0.2) is 48.5 Å². The third kappa shape index (κ3) is 3.33. The van der Waals surface area contributed by atoms with E-state index in [1.165, 1.54) is 0 Å². The number of nitrogens with one attached hydrogen (secondary N) is 1. The molecule has 0 spiro atoms. The summed E-state index contributed by atoms with van der Waals surface area (Å²) in [6, 6.07) is 15.1. The summed E-state index contributed by atoms with van der Waals surface area (Å²) < 4.78 is 0. The van der Waals surface area contributed by atoms with Crippen LogP contribution in [0.4, 0.5) is 0 Å². The van der Waals surface area contributed by atoms with Crippen LogP contribution in [0, 0.1) is 11.3 Å². The molecule has 2 rings (SSSR count). The molecule has 94 valence electrons. The zero-order chi connectivity index (χ0) is 13.7. The quantitative estimate of drug-likeness (QED) is 0.879. The summed E-state index contributed by atoms with van der Waals surface area (Å²) in [6.07, 6.45) is 0. The lowest BCUT2D eigenvalue weighted by Gasteiger charge is -2.05. The van der Waals surface area contributed by atoms with Crippen LogP contribution in [-0.4, -0.2) is 11.0 Å². The lowest BCUT2D eigenvalue weighted by Crippen LogP contribution is -2.22. The second-order valence-corrected chi connectivity index (χ2v) is 4.04. The summed E-state index contributed by atoms with van der Waals surface area (Å²) in [5, 5.41) is 20.7. The van der Waals surface area contributed by atoms with Gasteiger partial charge in [-0.2, -0.15) is 5.26 Å². The van der Waals surface area contributed by atoms with Crippen LogP contribution < -0.4 is 5.32 Å². The van der Waals surface area contributed by atoms with Gasteiger partial charge >= 0.3 is 0 Å². The molecule has 2 N–H and O–H groups in total. The third-order valence-electron chi connectivity index (χ3n) is 2.64. The van der Waals surface area contributed by atoms with Crippen LogP contribution in [0.2, 0.25) is 0 Å². The standard InChI is InChI=1S/C15H12N2O2/c16-9-11-4-6-13(7-5-11)15(19)17-10-12-2-1-3-14(18)8-12/h1-8,18H,10H2,(H,17,19). The second-order valence-electron chi connectivity index (χ2n) is 4.04. The van der Waals surface area contributed by atoms with Crippen molar-refractivity contribution in [1.29, 1.82) is 5.26 Å². The Kier molecular flexibility index (Phi) is 3.79. The Morgan fingerprint density at radius 2 is 1.95 bits per heavy atom. The Morgan fingerprint density at radius 1 is 1.21 bits per heavy atom. The molecule has 2 aromatic carbocycles. The van der Waals surface area contributed by atoms with Crippen molar-refractivity contribution in [2.75, 3.05) is 0 Å². The topological polar surface area (TPSA) is 73.1 Å². The molecule has 0 aliphatic rings. The molecule has 2 aromatic rings. The van der Waals surface area contributed by atoms with Crippen molar-refractivity contribution in [1.82, 2.24) is 5.32 Å². The number of hydrogen-bond acceptors (Lipinski definition) is 3. The SMILES string of the molecule is N#Cc1ccc(C(=O)NCc2cccc(O)c2)cc1. The maximum absolute atomic E-state index is 11.8. The van der Waals surface area contributed by atoms with Crippen LogP contribution in [0.1, 0.15) is 21.5 Å². The minimum absolute atomic E-state index is 0.171. The predicted molar refractivity (Wildman–Crippen MR) is 70.4 cm³/mol. The number of nitriles is 1. The molecule has 4 heteroatoms. The van der Waals surface area contributed by atoms with Gasteiger partial charge in [-0.25, -0.2) is 0 Å². The molecule has 19 heavy (non-hydrogen) atoms. The fraction of sp³-hybridized carbons (Fsp3) is 0.0667. The molecular weight excluding hydrogens is 240 g/mol. The van der Waals surface area contributed by atoms with Gasteiger partial charge in [-0.15, -0.1) is 0 Å². The van der Waals surface area contributed by atoms with Gasteiger partial charge in [-0.3, -0.25) is 4.79 Å². The maximum Gasteiger partial charge on any atom is 0.251 e. The van der Waals surface area contributed by atoms with Crippen molar-refractivity contribution in [3.05, 3.63) is 65.2 Å². The molecule has 0 aliphatic carbocycles. The van der Waals surface area contributed by atoms with E-state index in [1.807, 2.05) is 12.1 Å². The number of phenolic OH excluding ortho intramolecular Hbond substituents is 1. The molecule has 1 amide bonds. The van der Waals surface area contributed by atoms with Gasteiger partial charge in [0, 0.05) is 12.1 Å². The van der Waals surface area contributed by atoms with E-state index in [4.69, 9.17) is 5.26 Å². The molecule has 0 heterocycles. The van der Waals surface area contributed by atoms with E-state index in [-0.39, 0.29) is 11.7 Å². The number of aromatic hydroxyl groups is 1. The van der Waals surface area contributed by atoms with Gasteiger partial charge in [0.1, 0.15) is 5.75 Å². The first-order chi connectivity index (χ1) is 9.19. The normalized spacial score (nSPS) is 9.63. The lowest BCUT2D eigenvalue weighted by molar-refractivity contribution is 0.0951. The molecule has 0 saturated carbocycles. The number of nitrogens with zero attached hydrogens (tertiary/aromatic N) is 1. The molecule has 0 saturated heterocycles. The van der Waals surface area contributed by atoms with E-state index >= 15 is 0 Å². The highest BCUT2D eigenvalue weighted by atomic mass is 16.3. The minimum Gasteiger partial charge on any atom is -0.508 e. The lowest BCUT2D eigenvalue weighted by atomic mass is 10.1. The molecule has 0 bridgehead atoms. The number of rotatable bonds is 3. The van der Waals surface area contributed by atoms with E-state index in [2.05, 4.69) is 5.32 Å². The number of carbonyl (C=O) groups is 1. The minimum atomic E-state index is -0.215. The summed E-state index contributed by atoms with van der Waals surface area (Å²) in [6.45, 7) is 0.341. The van der Waals surface area contributed by atoms with Crippen LogP contribution in [0.25, 0.3) is 0 Å². The summed E-state index contributed by atoms with van der Waals surface area (Å²) in [5.41, 5.74) is 1.84. The molecule has 0 unspecified atom stereocenters. The van der Waals surface area contributed by atoms with Gasteiger partial charge < -0.3 is 10.4 Å². The zero-order valence-electron chi connectivity index (χ0n) is 10.1. The first kappa shape index (κ1) is 12.7. The van der Waals surface area contributed by atoms with Crippen molar-refractivity contribution in [2.45, 2.75) is 6.54 Å². The van der Waals surface area contributed by atoms with E-state index in [9.17, 15) is 9.90 Å². The zero-order valence-corrected chi connectivity index (χ0v) is 10.1. The highest BCUT2D eigenvalue weighted by Gasteiger charge is 2.05.